The smallest absolute Gasteiger partial charge is 0.311 e. The molecule has 0 aliphatic carbocycles. The standard InChI is InChI=1S/C22H23N3O2/c1-16-7-9-18(10-8-16)14-25-21(26)19-15-24(12-11-20(19)23-22(25)27)13-17-5-3-2-4-6-17/h2-10H,11-15H2,1H3,(H,23,27). The van der Waals surface area contributed by atoms with E-state index in [2.05, 4.69) is 22.0 Å². The minimum Gasteiger partial charge on any atom is -0.311 e. The van der Waals surface area contributed by atoms with Crippen molar-refractivity contribution in [3.05, 3.63) is 103 Å². The Morgan fingerprint density at radius 1 is 0.926 bits per heavy atom. The van der Waals surface area contributed by atoms with Crippen LogP contribution >= 0.6 is 0 Å². The molecule has 1 aliphatic rings. The van der Waals surface area contributed by atoms with E-state index in [-0.39, 0.29) is 11.2 Å². The first kappa shape index (κ1) is 17.5. The number of nitrogens with one attached hydrogen (secondary N) is 1. The molecule has 0 radical (unpaired) electrons. The molecular weight excluding hydrogens is 338 g/mol. The number of rotatable bonds is 4. The van der Waals surface area contributed by atoms with Crippen molar-refractivity contribution < 1.29 is 0 Å². The van der Waals surface area contributed by atoms with E-state index in [1.807, 2.05) is 49.4 Å². The van der Waals surface area contributed by atoms with Crippen LogP contribution in [0.3, 0.4) is 0 Å². The number of aryl methyl sites for hydroxylation is 1. The Labute approximate surface area is 157 Å². The minimum absolute atomic E-state index is 0.174. The molecule has 4 rings (SSSR count). The lowest BCUT2D eigenvalue weighted by Crippen LogP contribution is -2.43. The monoisotopic (exact) mass is 361 g/mol. The Morgan fingerprint density at radius 3 is 2.37 bits per heavy atom. The van der Waals surface area contributed by atoms with Crippen molar-refractivity contribution in [3.8, 4) is 0 Å². The third kappa shape index (κ3) is 3.78. The zero-order valence-electron chi connectivity index (χ0n) is 15.4. The number of fused-ring (bicyclic) bond motifs is 1. The summed E-state index contributed by atoms with van der Waals surface area (Å²) in [5.74, 6) is 0. The van der Waals surface area contributed by atoms with Gasteiger partial charge in [0.05, 0.1) is 12.1 Å². The van der Waals surface area contributed by atoms with Gasteiger partial charge in [-0.3, -0.25) is 14.3 Å². The van der Waals surface area contributed by atoms with Crippen molar-refractivity contribution in [3.63, 3.8) is 0 Å². The van der Waals surface area contributed by atoms with Crippen LogP contribution in [0.25, 0.3) is 0 Å². The number of benzene rings is 2. The average Bonchev–Trinajstić information content (AvgIpc) is 2.68. The molecule has 2 heterocycles. The fraction of sp³-hybridized carbons (Fsp3) is 0.273. The van der Waals surface area contributed by atoms with Crippen LogP contribution in [0.5, 0.6) is 0 Å². The normalized spacial score (nSPS) is 14.1. The van der Waals surface area contributed by atoms with Crippen LogP contribution in [0.2, 0.25) is 0 Å². The average molecular weight is 361 g/mol. The highest BCUT2D eigenvalue weighted by atomic mass is 16.2. The number of hydrogen-bond donors (Lipinski definition) is 1. The van der Waals surface area contributed by atoms with Gasteiger partial charge in [0.15, 0.2) is 0 Å². The van der Waals surface area contributed by atoms with Crippen molar-refractivity contribution in [2.45, 2.75) is 33.0 Å². The molecule has 5 nitrogen and oxygen atoms in total. The molecule has 2 aromatic carbocycles. The van der Waals surface area contributed by atoms with Crippen LogP contribution in [-0.2, 0) is 26.1 Å². The van der Waals surface area contributed by atoms with Gasteiger partial charge in [-0.25, -0.2) is 4.79 Å². The summed E-state index contributed by atoms with van der Waals surface area (Å²) in [6.07, 6.45) is 0.692. The predicted molar refractivity (Wildman–Crippen MR) is 106 cm³/mol. The van der Waals surface area contributed by atoms with Crippen LogP contribution < -0.4 is 11.2 Å². The first-order valence-electron chi connectivity index (χ1n) is 9.27. The van der Waals surface area contributed by atoms with Gasteiger partial charge in [-0.1, -0.05) is 60.2 Å². The van der Waals surface area contributed by atoms with E-state index in [4.69, 9.17) is 0 Å². The molecule has 1 aromatic heterocycles. The number of hydrogen-bond acceptors (Lipinski definition) is 3. The fourth-order valence-corrected chi connectivity index (χ4v) is 3.60. The van der Waals surface area contributed by atoms with Gasteiger partial charge in [0.1, 0.15) is 0 Å². The number of aromatic amines is 1. The number of nitrogens with zero attached hydrogens (tertiary/aromatic N) is 2. The Morgan fingerprint density at radius 2 is 1.63 bits per heavy atom. The van der Waals surface area contributed by atoms with E-state index in [1.54, 1.807) is 0 Å². The van der Waals surface area contributed by atoms with E-state index in [1.165, 1.54) is 10.1 Å². The first-order valence-corrected chi connectivity index (χ1v) is 9.27. The molecule has 0 unspecified atom stereocenters. The van der Waals surface area contributed by atoms with E-state index in [0.717, 1.165) is 29.9 Å². The third-order valence-electron chi connectivity index (χ3n) is 5.14. The van der Waals surface area contributed by atoms with Gasteiger partial charge in [0.25, 0.3) is 5.56 Å². The third-order valence-corrected chi connectivity index (χ3v) is 5.14. The van der Waals surface area contributed by atoms with E-state index >= 15 is 0 Å². The van der Waals surface area contributed by atoms with Crippen LogP contribution in [0.1, 0.15) is 27.9 Å². The lowest BCUT2D eigenvalue weighted by atomic mass is 10.1. The largest absolute Gasteiger partial charge is 0.328 e. The van der Waals surface area contributed by atoms with Crippen molar-refractivity contribution >= 4 is 0 Å². The van der Waals surface area contributed by atoms with E-state index < -0.39 is 0 Å². The molecule has 1 N–H and O–H groups in total. The molecule has 138 valence electrons. The van der Waals surface area contributed by atoms with Crippen LogP contribution in [0.4, 0.5) is 0 Å². The maximum atomic E-state index is 13.0. The van der Waals surface area contributed by atoms with Gasteiger partial charge < -0.3 is 4.98 Å². The van der Waals surface area contributed by atoms with Crippen molar-refractivity contribution in [2.24, 2.45) is 0 Å². The zero-order valence-corrected chi connectivity index (χ0v) is 15.4. The Bertz CT molecular complexity index is 1050. The number of aromatic nitrogens is 2. The zero-order chi connectivity index (χ0) is 18.8. The maximum Gasteiger partial charge on any atom is 0.328 e. The molecule has 0 saturated heterocycles. The van der Waals surface area contributed by atoms with Gasteiger partial charge >= 0.3 is 5.69 Å². The van der Waals surface area contributed by atoms with Gasteiger partial charge in [0, 0.05) is 31.7 Å². The van der Waals surface area contributed by atoms with Crippen LogP contribution in [0, 0.1) is 6.92 Å². The second kappa shape index (κ2) is 7.37. The topological polar surface area (TPSA) is 58.1 Å². The Kier molecular flexibility index (Phi) is 4.77. The second-order valence-electron chi connectivity index (χ2n) is 7.21. The quantitative estimate of drug-likeness (QED) is 0.777. The Balaban J connectivity index is 1.61. The lowest BCUT2D eigenvalue weighted by molar-refractivity contribution is 0.240. The van der Waals surface area contributed by atoms with Gasteiger partial charge in [0.2, 0.25) is 0 Å². The molecule has 0 bridgehead atoms. The van der Waals surface area contributed by atoms with Gasteiger partial charge in [-0.2, -0.15) is 0 Å². The SMILES string of the molecule is Cc1ccc(Cn2c(=O)[nH]c3c(c2=O)CN(Cc2ccccc2)CC3)cc1. The Hall–Kier alpha value is -2.92. The molecule has 0 fully saturated rings. The maximum absolute atomic E-state index is 13.0. The highest BCUT2D eigenvalue weighted by Gasteiger charge is 2.22. The van der Waals surface area contributed by atoms with Crippen molar-refractivity contribution in [1.29, 1.82) is 0 Å². The highest BCUT2D eigenvalue weighted by Crippen LogP contribution is 2.15. The summed E-state index contributed by atoms with van der Waals surface area (Å²) in [6.45, 7) is 4.51. The van der Waals surface area contributed by atoms with Gasteiger partial charge in [-0.15, -0.1) is 0 Å². The minimum atomic E-state index is -0.323. The summed E-state index contributed by atoms with van der Waals surface area (Å²) < 4.78 is 1.31. The molecule has 5 heteroatoms. The molecule has 0 atom stereocenters. The van der Waals surface area contributed by atoms with Crippen LogP contribution in [-0.4, -0.2) is 21.0 Å². The summed E-state index contributed by atoms with van der Waals surface area (Å²) >= 11 is 0. The van der Waals surface area contributed by atoms with Crippen LogP contribution in [0.15, 0.2) is 64.2 Å². The summed E-state index contributed by atoms with van der Waals surface area (Å²) in [4.78, 5) is 30.7. The second-order valence-corrected chi connectivity index (χ2v) is 7.21. The fourth-order valence-electron chi connectivity index (χ4n) is 3.60. The van der Waals surface area contributed by atoms with Gasteiger partial charge in [-0.05, 0) is 18.1 Å². The molecule has 3 aromatic rings. The highest BCUT2D eigenvalue weighted by molar-refractivity contribution is 5.24. The van der Waals surface area contributed by atoms with Crippen molar-refractivity contribution in [1.82, 2.24) is 14.5 Å². The summed E-state index contributed by atoms with van der Waals surface area (Å²) in [7, 11) is 0. The summed E-state index contributed by atoms with van der Waals surface area (Å²) in [5.41, 5.74) is 4.33. The first-order chi connectivity index (χ1) is 13.1. The summed E-state index contributed by atoms with van der Waals surface area (Å²) in [5, 5.41) is 0. The molecule has 0 amide bonds. The molecule has 0 saturated carbocycles. The molecular formula is C22H23N3O2. The lowest BCUT2D eigenvalue weighted by Gasteiger charge is -2.28. The van der Waals surface area contributed by atoms with E-state index in [9.17, 15) is 9.59 Å². The summed E-state index contributed by atoms with van der Waals surface area (Å²) in [6, 6.07) is 18.2. The molecule has 1 aliphatic heterocycles. The predicted octanol–water partition coefficient (Wildman–Crippen LogP) is 2.45. The number of H-pyrrole nitrogens is 1. The molecule has 27 heavy (non-hydrogen) atoms. The van der Waals surface area contributed by atoms with Crippen molar-refractivity contribution in [2.75, 3.05) is 6.54 Å². The van der Waals surface area contributed by atoms with E-state index in [0.29, 0.717) is 25.1 Å². The molecule has 0 spiro atoms.